The zero-order chi connectivity index (χ0) is 26.7. The lowest BCUT2D eigenvalue weighted by molar-refractivity contribution is -0.141. The highest BCUT2D eigenvalue weighted by Gasteiger charge is 2.34. The number of carbonyl (C=O) groups is 1. The summed E-state index contributed by atoms with van der Waals surface area (Å²) in [5, 5.41) is 7.89. The van der Waals surface area contributed by atoms with Crippen molar-refractivity contribution in [2.75, 3.05) is 12.4 Å². The van der Waals surface area contributed by atoms with Crippen LogP contribution in [-0.4, -0.2) is 37.6 Å². The lowest BCUT2D eigenvalue weighted by Crippen LogP contribution is -2.12. The van der Waals surface area contributed by atoms with E-state index in [1.165, 1.54) is 19.5 Å². The van der Waals surface area contributed by atoms with Gasteiger partial charge in [0.1, 0.15) is 17.8 Å². The zero-order valence-corrected chi connectivity index (χ0v) is 20.7. The molecule has 192 valence electrons. The van der Waals surface area contributed by atoms with Crippen molar-refractivity contribution in [2.24, 2.45) is 0 Å². The summed E-state index contributed by atoms with van der Waals surface area (Å²) in [6, 6.07) is 11.1. The molecule has 4 rings (SSSR count). The smallest absolute Gasteiger partial charge is 0.433 e. The highest BCUT2D eigenvalue weighted by atomic mass is 19.4. The van der Waals surface area contributed by atoms with E-state index in [9.17, 15) is 18.0 Å². The molecule has 0 aliphatic carbocycles. The van der Waals surface area contributed by atoms with Gasteiger partial charge in [-0.2, -0.15) is 23.0 Å². The Balaban J connectivity index is 1.61. The van der Waals surface area contributed by atoms with Crippen molar-refractivity contribution in [3.05, 3.63) is 82.6 Å². The molecule has 8 nitrogen and oxygen atoms in total. The molecular weight excluding hydrogens is 485 g/mol. The van der Waals surface area contributed by atoms with Gasteiger partial charge in [0.25, 0.3) is 0 Å². The summed E-state index contributed by atoms with van der Waals surface area (Å²) < 4.78 is 46.2. The highest BCUT2D eigenvalue weighted by Crippen LogP contribution is 2.31. The van der Waals surface area contributed by atoms with E-state index in [-0.39, 0.29) is 17.9 Å². The molecular formula is C26H25F3N6O2. The van der Waals surface area contributed by atoms with Crippen molar-refractivity contribution >= 4 is 17.3 Å². The first-order chi connectivity index (χ1) is 17.6. The van der Waals surface area contributed by atoms with Crippen LogP contribution < -0.4 is 10.1 Å². The van der Waals surface area contributed by atoms with Crippen molar-refractivity contribution in [1.82, 2.24) is 24.7 Å². The number of aryl methyl sites for hydroxylation is 3. The maximum atomic E-state index is 13.2. The Hall–Kier alpha value is -4.28. The number of alkyl halides is 3. The number of carbonyl (C=O) groups excluding carboxylic acids is 1. The summed E-state index contributed by atoms with van der Waals surface area (Å²) in [4.78, 5) is 24.9. The van der Waals surface area contributed by atoms with Crippen molar-refractivity contribution in [3.8, 4) is 11.7 Å². The molecule has 0 amide bonds. The summed E-state index contributed by atoms with van der Waals surface area (Å²) >= 11 is 0. The van der Waals surface area contributed by atoms with Gasteiger partial charge in [-0.05, 0) is 43.5 Å². The Bertz CT molecular complexity index is 1450. The van der Waals surface area contributed by atoms with E-state index in [4.69, 9.17) is 4.74 Å². The van der Waals surface area contributed by atoms with Gasteiger partial charge in [0.15, 0.2) is 11.6 Å². The first-order valence-corrected chi connectivity index (χ1v) is 11.5. The van der Waals surface area contributed by atoms with Crippen LogP contribution in [0.25, 0.3) is 5.82 Å². The monoisotopic (exact) mass is 510 g/mol. The molecule has 3 aromatic heterocycles. The molecule has 0 atom stereocenters. The van der Waals surface area contributed by atoms with Gasteiger partial charge >= 0.3 is 6.18 Å². The number of halogens is 3. The number of benzene rings is 1. The van der Waals surface area contributed by atoms with Gasteiger partial charge in [-0.25, -0.2) is 15.0 Å². The van der Waals surface area contributed by atoms with Crippen LogP contribution in [0.15, 0.2) is 48.8 Å². The predicted molar refractivity (Wildman–Crippen MR) is 132 cm³/mol. The number of nitrogens with one attached hydrogen (secondary N) is 1. The molecule has 0 bridgehead atoms. The molecule has 11 heteroatoms. The number of rotatable bonds is 8. The van der Waals surface area contributed by atoms with Crippen LogP contribution in [0.3, 0.4) is 0 Å². The number of ketones is 1. The van der Waals surface area contributed by atoms with E-state index in [2.05, 4.69) is 25.4 Å². The Kier molecular flexibility index (Phi) is 7.23. The number of methoxy groups -OCH3 is 1. The second-order valence-corrected chi connectivity index (χ2v) is 8.46. The summed E-state index contributed by atoms with van der Waals surface area (Å²) in [6.07, 6.45) is -2.57. The van der Waals surface area contributed by atoms with Gasteiger partial charge in [0.05, 0.1) is 12.8 Å². The van der Waals surface area contributed by atoms with E-state index in [0.29, 0.717) is 17.2 Å². The second kappa shape index (κ2) is 10.4. The molecule has 0 spiro atoms. The van der Waals surface area contributed by atoms with Crippen molar-refractivity contribution in [3.63, 3.8) is 0 Å². The summed E-state index contributed by atoms with van der Waals surface area (Å²) in [7, 11) is 1.20. The molecule has 0 radical (unpaired) electrons. The molecule has 0 fully saturated rings. The molecule has 0 saturated heterocycles. The van der Waals surface area contributed by atoms with Crippen LogP contribution in [0, 0.1) is 13.8 Å². The largest absolute Gasteiger partial charge is 0.481 e. The van der Waals surface area contributed by atoms with Crippen molar-refractivity contribution in [2.45, 2.75) is 39.8 Å². The number of pyridine rings is 1. The fourth-order valence-electron chi connectivity index (χ4n) is 3.71. The average Bonchev–Trinajstić information content (AvgIpc) is 3.25. The van der Waals surface area contributed by atoms with E-state index in [0.717, 1.165) is 35.1 Å². The minimum atomic E-state index is -4.70. The Labute approximate surface area is 211 Å². The Morgan fingerprint density at radius 3 is 2.57 bits per heavy atom. The molecule has 4 aromatic rings. The quantitative estimate of drug-likeness (QED) is 0.316. The van der Waals surface area contributed by atoms with Crippen LogP contribution in [0.1, 0.15) is 45.5 Å². The Morgan fingerprint density at radius 1 is 1.08 bits per heavy atom. The second-order valence-electron chi connectivity index (χ2n) is 8.46. The molecule has 0 aliphatic rings. The standard InChI is InChI=1S/C26H25F3N6O2/c1-5-19-13-23(31-14-30-19)35-24(8-16(3)34-35)32-20-9-17(7-6-15(20)2)10-21(36)18-11-22(26(27,28)29)33-25(12-18)37-4/h6-9,11-14,32H,5,10H2,1-4H3. The predicted octanol–water partition coefficient (Wildman–Crippen LogP) is 5.43. The van der Waals surface area contributed by atoms with Gasteiger partial charge < -0.3 is 10.1 Å². The molecule has 1 aromatic carbocycles. The topological polar surface area (TPSA) is 94.8 Å². The van der Waals surface area contributed by atoms with Gasteiger partial charge in [-0.1, -0.05) is 19.1 Å². The molecule has 0 aliphatic heterocycles. The first kappa shape index (κ1) is 25.8. The molecule has 37 heavy (non-hydrogen) atoms. The van der Waals surface area contributed by atoms with Crippen LogP contribution in [-0.2, 0) is 19.0 Å². The minimum Gasteiger partial charge on any atom is -0.481 e. The number of Topliss-reactive ketones (excluding diaryl/α,β-unsaturated/α-hetero) is 1. The van der Waals surface area contributed by atoms with Gasteiger partial charge in [-0.3, -0.25) is 4.79 Å². The Morgan fingerprint density at radius 2 is 1.86 bits per heavy atom. The van der Waals surface area contributed by atoms with E-state index in [1.54, 1.807) is 16.8 Å². The summed E-state index contributed by atoms with van der Waals surface area (Å²) in [5.74, 6) is 0.510. The van der Waals surface area contributed by atoms with E-state index < -0.39 is 17.7 Å². The minimum absolute atomic E-state index is 0.108. The fourth-order valence-corrected chi connectivity index (χ4v) is 3.71. The van der Waals surface area contributed by atoms with E-state index >= 15 is 0 Å². The molecule has 0 unspecified atom stereocenters. The number of hydrogen-bond acceptors (Lipinski definition) is 7. The van der Waals surface area contributed by atoms with Crippen LogP contribution in [0.5, 0.6) is 5.88 Å². The van der Waals surface area contributed by atoms with Crippen LogP contribution in [0.4, 0.5) is 24.7 Å². The maximum absolute atomic E-state index is 13.2. The number of hydrogen-bond donors (Lipinski definition) is 1. The number of aromatic nitrogens is 5. The van der Waals surface area contributed by atoms with Crippen LogP contribution >= 0.6 is 0 Å². The number of ether oxygens (including phenoxy) is 1. The number of anilines is 2. The van der Waals surface area contributed by atoms with Crippen molar-refractivity contribution < 1.29 is 22.7 Å². The SMILES string of the molecule is CCc1cc(-n2nc(C)cc2Nc2cc(CC(=O)c3cc(OC)nc(C(F)(F)F)c3)ccc2C)ncn1. The van der Waals surface area contributed by atoms with Crippen LogP contribution in [0.2, 0.25) is 0 Å². The van der Waals surface area contributed by atoms with Gasteiger partial charge in [0.2, 0.25) is 5.88 Å². The summed E-state index contributed by atoms with van der Waals surface area (Å²) in [6.45, 7) is 5.77. The third kappa shape index (κ3) is 5.93. The fraction of sp³-hybridized carbons (Fsp3) is 0.269. The maximum Gasteiger partial charge on any atom is 0.433 e. The molecule has 1 N–H and O–H groups in total. The summed E-state index contributed by atoms with van der Waals surface area (Å²) in [5.41, 5.74) is 2.60. The molecule has 3 heterocycles. The third-order valence-corrected chi connectivity index (χ3v) is 5.67. The molecule has 0 saturated carbocycles. The zero-order valence-electron chi connectivity index (χ0n) is 20.7. The van der Waals surface area contributed by atoms with E-state index in [1.807, 2.05) is 39.0 Å². The normalized spacial score (nSPS) is 11.4. The number of nitrogens with zero attached hydrogens (tertiary/aromatic N) is 5. The third-order valence-electron chi connectivity index (χ3n) is 5.67. The lowest BCUT2D eigenvalue weighted by atomic mass is 10.0. The van der Waals surface area contributed by atoms with Gasteiger partial charge in [0, 0.05) is 41.6 Å². The van der Waals surface area contributed by atoms with Crippen molar-refractivity contribution in [1.29, 1.82) is 0 Å². The van der Waals surface area contributed by atoms with Gasteiger partial charge in [-0.15, -0.1) is 0 Å². The highest BCUT2D eigenvalue weighted by molar-refractivity contribution is 5.98. The lowest BCUT2D eigenvalue weighted by Gasteiger charge is -2.14. The first-order valence-electron chi connectivity index (χ1n) is 11.5. The average molecular weight is 511 g/mol.